The minimum Gasteiger partial charge on any atom is -0.508 e. The molecule has 9 rings (SSSR count). The smallest absolute Gasteiger partial charge is 0.329 e. The molecule has 710 valence electrons. The molecule has 3 aromatic heterocycles. The van der Waals surface area contributed by atoms with E-state index in [9.17, 15) is 48.9 Å². The lowest BCUT2D eigenvalue weighted by molar-refractivity contribution is -0.265. The molecule has 2 aliphatic carbocycles. The van der Waals surface area contributed by atoms with Crippen molar-refractivity contribution in [2.24, 2.45) is 35.5 Å². The van der Waals surface area contributed by atoms with Crippen LogP contribution in [0.2, 0.25) is 0 Å². The Labute approximate surface area is 754 Å². The number of nitrogens with two attached hydrogens (primary N) is 1. The van der Waals surface area contributed by atoms with Crippen LogP contribution in [-0.4, -0.2) is 278 Å². The van der Waals surface area contributed by atoms with Gasteiger partial charge in [-0.1, -0.05) is 82.4 Å². The molecule has 1 saturated carbocycles. The largest absolute Gasteiger partial charge is 0.508 e. The minimum atomic E-state index is -2.45. The zero-order valence-corrected chi connectivity index (χ0v) is 77.2. The lowest BCUT2D eigenvalue weighted by Gasteiger charge is -2.43. The molecule has 6 heterocycles. The fraction of sp³-hybridized carbons (Fsp3) is 0.684. The fourth-order valence-corrected chi connectivity index (χ4v) is 17.8. The van der Waals surface area contributed by atoms with Crippen molar-refractivity contribution in [2.75, 3.05) is 133 Å². The van der Waals surface area contributed by atoms with Gasteiger partial charge in [0.1, 0.15) is 53.7 Å². The molecule has 0 unspecified atom stereocenters. The number of anilines is 1. The number of nitrogens with zero attached hydrogens (tertiary/aromatic N) is 8. The normalized spacial score (nSPS) is 27.2. The SMILES string of the molecule is CO[C@H]1C[C@@H]2CC[C@@H](C)[C@@](O)(O2)C(=O)C(=O)N2CCCC[C@H]2C(=O)O[C@H]([C@H](C)C[C@@H]2CC[C@H](n3cc(CCCC(=O)NCCOCCOCCOCCC(=O)CCCOCCOCCOCCC(=O)NCCCCn4nc(C5=Cc6cc(O)ccc6C5)c5c(N)ncnc54)nn3)[C@H](OC)C2)C[C@@H](OC)[C@H](C)/C=C(\C)[C@@H](O)[C@@H](OC)C(=O)[C@H](C)C[C@H](C)/C=C/C=C/C=C/1C. The highest BCUT2D eigenvalue weighted by atomic mass is 16.6. The Kier molecular flexibility index (Phi) is 43.4. The van der Waals surface area contributed by atoms with E-state index in [2.05, 4.69) is 30.9 Å². The summed E-state index contributed by atoms with van der Waals surface area (Å²) in [6, 6.07) is 4.09. The number of ether oxygens (including phenoxy) is 12. The maximum atomic E-state index is 15.0. The molecule has 5 aliphatic rings. The van der Waals surface area contributed by atoms with E-state index in [4.69, 9.17) is 67.7 Å². The molecular weight excluding hydrogens is 1650 g/mol. The van der Waals surface area contributed by atoms with Crippen molar-refractivity contribution in [1.82, 2.24) is 50.3 Å². The van der Waals surface area contributed by atoms with Gasteiger partial charge in [-0.15, -0.1) is 5.10 Å². The summed E-state index contributed by atoms with van der Waals surface area (Å²) in [7, 11) is 6.28. The molecule has 1 aromatic carbocycles. The average Bonchev–Trinajstić information content (AvgIpc) is 1.42. The number of hydrogen-bond acceptors (Lipinski definition) is 28. The van der Waals surface area contributed by atoms with E-state index in [1.54, 1.807) is 47.3 Å². The van der Waals surface area contributed by atoms with Crippen molar-refractivity contribution < 1.29 is 106 Å². The number of nitrogen functional groups attached to an aromatic ring is 1. The van der Waals surface area contributed by atoms with Crippen LogP contribution in [0.15, 0.2) is 78.3 Å². The van der Waals surface area contributed by atoms with Crippen molar-refractivity contribution in [3.63, 3.8) is 0 Å². The van der Waals surface area contributed by atoms with Gasteiger partial charge in [-0.2, -0.15) is 5.10 Å². The Morgan fingerprint density at radius 1 is 0.711 bits per heavy atom. The number of fused-ring (bicyclic) bond motifs is 5. The number of aryl methyl sites for hydroxylation is 2. The predicted octanol–water partition coefficient (Wildman–Crippen LogP) is 9.89. The second-order valence-electron chi connectivity index (χ2n) is 35.0. The number of allylic oxidation sites excluding steroid dienone is 6. The molecule has 2 bridgehead atoms. The summed E-state index contributed by atoms with van der Waals surface area (Å²) in [6.07, 6.45) is 23.1. The van der Waals surface area contributed by atoms with Gasteiger partial charge in [-0.25, -0.2) is 24.1 Å². The molecule has 0 spiro atoms. The van der Waals surface area contributed by atoms with Gasteiger partial charge in [-0.3, -0.25) is 28.8 Å². The molecule has 33 nitrogen and oxygen atoms in total. The van der Waals surface area contributed by atoms with Crippen LogP contribution < -0.4 is 16.4 Å². The number of amides is 3. The van der Waals surface area contributed by atoms with Crippen LogP contribution in [0.25, 0.3) is 22.7 Å². The van der Waals surface area contributed by atoms with Crippen molar-refractivity contribution in [2.45, 2.75) is 257 Å². The molecule has 128 heavy (non-hydrogen) atoms. The number of aliphatic hydroxyl groups excluding tert-OH is 1. The van der Waals surface area contributed by atoms with Gasteiger partial charge in [0.05, 0.1) is 114 Å². The van der Waals surface area contributed by atoms with E-state index in [0.29, 0.717) is 211 Å². The molecule has 33 heteroatoms. The van der Waals surface area contributed by atoms with Gasteiger partial charge in [0.25, 0.3) is 11.7 Å². The summed E-state index contributed by atoms with van der Waals surface area (Å²) in [4.78, 5) is 106. The van der Waals surface area contributed by atoms with Crippen molar-refractivity contribution in [3.8, 4) is 5.75 Å². The summed E-state index contributed by atoms with van der Waals surface area (Å²) < 4.78 is 74.3. The number of unbranched alkanes of at least 4 members (excludes halogenated alkanes) is 1. The first-order chi connectivity index (χ1) is 61.7. The quantitative estimate of drug-likeness (QED) is 0.0104. The summed E-state index contributed by atoms with van der Waals surface area (Å²) in [5.74, 6) is -6.67. The molecule has 16 atom stereocenters. The number of phenols is 1. The topological polar surface area (TPSA) is 419 Å². The zero-order chi connectivity index (χ0) is 92.1. The molecule has 7 N–H and O–H groups in total. The van der Waals surface area contributed by atoms with E-state index >= 15 is 0 Å². The Bertz CT molecular complexity index is 4340. The Morgan fingerprint density at radius 2 is 1.41 bits per heavy atom. The summed E-state index contributed by atoms with van der Waals surface area (Å²) >= 11 is 0. The van der Waals surface area contributed by atoms with E-state index < -0.39 is 77.9 Å². The standard InChI is InChI=1S/C95H143N11O22/c1-62-21-13-12-14-22-63(2)79(117-8)58-76-31-27-68(7)95(116,128-76)90(113)93(114)104-37-17-15-25-78(104)94(115)127-81(59-80(118-9)64(3)52-67(6)88(112)89(120-11)87(111)66(5)51-62)65(4)53-69-28-32-77(82(54-69)119-10)106-60-73(101-103-106)23-19-26-83(109)98-36-42-124-46-50-126-48-44-122-40-33-74(107)24-20-39-121-43-47-125-49-45-123-41-34-84(110)97-35-16-18-38-105-92-85(91(96)99-61-100-92)86(102-105)72-55-70-29-30-75(108)57-71(70)56-72/h12-14,21-22,29-30,52,56-57,60-62,64-66,68-69,76-82,88-89,108,112,116H,15-20,23-28,31-51,53-55,58-59H2,1-11H3,(H,97,110)(H,98,109)(H2,96,99,100)/b14-12+,21-13+,63-22+,67-52+/t62-,64-,65-,66-,68-,69+,76+,77+,78+,79+,80-,81+,82-,88-,89+,95-/m1/s1. The number of methoxy groups -OCH3 is 4. The average molecular weight is 1790 g/mol. The second-order valence-corrected chi connectivity index (χ2v) is 35.0. The summed E-state index contributed by atoms with van der Waals surface area (Å²) in [5.41, 5.74) is 12.9. The van der Waals surface area contributed by atoms with E-state index in [1.165, 1.54) is 18.3 Å². The zero-order valence-electron chi connectivity index (χ0n) is 77.2. The molecule has 3 amide bonds. The van der Waals surface area contributed by atoms with Crippen LogP contribution in [0.4, 0.5) is 5.82 Å². The number of rotatable bonds is 43. The first kappa shape index (κ1) is 103. The van der Waals surface area contributed by atoms with Gasteiger partial charge in [0.2, 0.25) is 17.6 Å². The second kappa shape index (κ2) is 53.8. The number of hydrogen-bond donors (Lipinski definition) is 6. The van der Waals surface area contributed by atoms with Crippen LogP contribution in [0.1, 0.15) is 205 Å². The first-order valence-electron chi connectivity index (χ1n) is 46.1. The number of Topliss-reactive ketones (excluding diaryl/α,β-unsaturated/α-hetero) is 3. The number of carbonyl (C=O) groups excluding carboxylic acids is 7. The number of aromatic nitrogens is 7. The van der Waals surface area contributed by atoms with Crippen molar-refractivity contribution in [3.05, 3.63) is 101 Å². The Morgan fingerprint density at radius 3 is 2.14 bits per heavy atom. The van der Waals surface area contributed by atoms with Crippen LogP contribution in [0.3, 0.4) is 0 Å². The van der Waals surface area contributed by atoms with Crippen LogP contribution in [0, 0.1) is 35.5 Å². The maximum Gasteiger partial charge on any atom is 0.329 e. The lowest BCUT2D eigenvalue weighted by atomic mass is 9.77. The third-order valence-corrected chi connectivity index (χ3v) is 25.3. The number of cyclic esters (lactones) is 1. The van der Waals surface area contributed by atoms with Gasteiger partial charge in [-0.05, 0) is 174 Å². The Hall–Kier alpha value is -8.42. The Balaban J connectivity index is 0.613. The van der Waals surface area contributed by atoms with Crippen LogP contribution in [0.5, 0.6) is 5.75 Å². The van der Waals surface area contributed by atoms with Crippen molar-refractivity contribution >= 4 is 69.5 Å². The number of phenolic OH excluding ortho intramolecular Hbond substituents is 1. The summed E-state index contributed by atoms with van der Waals surface area (Å²) in [5, 5.41) is 54.5. The van der Waals surface area contributed by atoms with Gasteiger partial charge in [0, 0.05) is 130 Å². The highest BCUT2D eigenvalue weighted by Crippen LogP contribution is 2.42. The molecule has 3 fully saturated rings. The number of ketones is 3. The van der Waals surface area contributed by atoms with E-state index in [1.807, 2.05) is 98.8 Å². The molecule has 0 radical (unpaired) electrons. The van der Waals surface area contributed by atoms with E-state index in [-0.39, 0.29) is 97.4 Å². The monoisotopic (exact) mass is 1790 g/mol. The molecule has 3 aliphatic heterocycles. The number of nitrogens with one attached hydrogen (secondary N) is 2. The number of piperidine rings is 1. The molecule has 4 aromatic rings. The highest BCUT2D eigenvalue weighted by molar-refractivity contribution is 6.39. The number of benzene rings is 1. The minimum absolute atomic E-state index is 0.0123. The third kappa shape index (κ3) is 31.4. The number of carbonyl (C=O) groups is 7. The van der Waals surface area contributed by atoms with Crippen LogP contribution >= 0.6 is 0 Å². The molecule has 2 saturated heterocycles. The van der Waals surface area contributed by atoms with E-state index in [0.717, 1.165) is 59.3 Å². The maximum absolute atomic E-state index is 15.0. The number of esters is 1. The number of aliphatic hydroxyl groups is 2. The van der Waals surface area contributed by atoms with Crippen molar-refractivity contribution in [1.29, 1.82) is 0 Å². The highest BCUT2D eigenvalue weighted by Gasteiger charge is 2.53. The first-order valence-corrected chi connectivity index (χ1v) is 46.1. The van der Waals surface area contributed by atoms with Crippen LogP contribution in [-0.2, 0) is 110 Å². The summed E-state index contributed by atoms with van der Waals surface area (Å²) in [6.45, 7) is 19.0. The number of aromatic hydroxyl groups is 1. The molecular formula is C95H143N11O22. The third-order valence-electron chi connectivity index (χ3n) is 25.3. The fourth-order valence-electron chi connectivity index (χ4n) is 17.8. The van der Waals surface area contributed by atoms with Gasteiger partial charge >= 0.3 is 5.97 Å². The van der Waals surface area contributed by atoms with Gasteiger partial charge in [0.15, 0.2) is 11.4 Å². The lowest BCUT2D eigenvalue weighted by Crippen LogP contribution is -2.61. The predicted molar refractivity (Wildman–Crippen MR) is 480 cm³/mol. The van der Waals surface area contributed by atoms with Gasteiger partial charge < -0.3 is 93.4 Å².